The van der Waals surface area contributed by atoms with Gasteiger partial charge in [-0.05, 0) is 53.1 Å². The highest BCUT2D eigenvalue weighted by Gasteiger charge is 2.10. The third-order valence-electron chi connectivity index (χ3n) is 4.97. The summed E-state index contributed by atoms with van der Waals surface area (Å²) in [6.07, 6.45) is 1.51. The highest BCUT2D eigenvalue weighted by atomic mass is 16.5. The molecule has 6 nitrogen and oxygen atoms in total. The van der Waals surface area contributed by atoms with Gasteiger partial charge in [0, 0.05) is 5.56 Å². The molecule has 4 aromatic rings. The lowest BCUT2D eigenvalue weighted by Gasteiger charge is -2.10. The minimum absolute atomic E-state index is 0.237. The Hall–Kier alpha value is -3.77. The third kappa shape index (κ3) is 3.86. The number of fused-ring (bicyclic) bond motifs is 1. The van der Waals surface area contributed by atoms with Crippen LogP contribution in [0.3, 0.4) is 0 Å². The van der Waals surface area contributed by atoms with Crippen LogP contribution in [0.2, 0.25) is 0 Å². The molecule has 30 heavy (non-hydrogen) atoms. The molecular weight excluding hydrogens is 380 g/mol. The summed E-state index contributed by atoms with van der Waals surface area (Å²) >= 11 is 0. The van der Waals surface area contributed by atoms with E-state index in [1.165, 1.54) is 17.0 Å². The van der Waals surface area contributed by atoms with Crippen LogP contribution in [0, 0.1) is 0 Å². The fourth-order valence-corrected chi connectivity index (χ4v) is 3.38. The summed E-state index contributed by atoms with van der Waals surface area (Å²) in [5.41, 5.74) is 3.55. The van der Waals surface area contributed by atoms with E-state index in [0.29, 0.717) is 23.0 Å². The standard InChI is InChI=1S/C24H20N2O4/c1-30-20-7-3-6-18(11-20)17-5-2-4-16(10-17)13-26-15-25-22-9-8-19(23(28)14-27)12-21(22)24(26)29/h2-12,15,27H,13-14H2,1H3. The summed E-state index contributed by atoms with van der Waals surface area (Å²) in [7, 11) is 1.63. The summed E-state index contributed by atoms with van der Waals surface area (Å²) in [6, 6.07) is 20.4. The molecule has 4 rings (SSSR count). The van der Waals surface area contributed by atoms with Crippen molar-refractivity contribution < 1.29 is 14.6 Å². The number of hydrogen-bond acceptors (Lipinski definition) is 5. The van der Waals surface area contributed by atoms with Gasteiger partial charge in [0.1, 0.15) is 12.4 Å². The van der Waals surface area contributed by atoms with Gasteiger partial charge in [-0.3, -0.25) is 14.2 Å². The Labute approximate surface area is 173 Å². The maximum Gasteiger partial charge on any atom is 0.261 e. The van der Waals surface area contributed by atoms with Gasteiger partial charge in [-0.15, -0.1) is 0 Å². The lowest BCUT2D eigenvalue weighted by Crippen LogP contribution is -2.21. The average Bonchev–Trinajstić information content (AvgIpc) is 2.80. The SMILES string of the molecule is COc1cccc(-c2cccc(Cn3cnc4ccc(C(=O)CO)cc4c3=O)c2)c1. The zero-order valence-electron chi connectivity index (χ0n) is 16.4. The van der Waals surface area contributed by atoms with Crippen molar-refractivity contribution in [2.24, 2.45) is 0 Å². The fraction of sp³-hybridized carbons (Fsp3) is 0.125. The number of ketones is 1. The number of aliphatic hydroxyl groups excluding tert-OH is 1. The van der Waals surface area contributed by atoms with Gasteiger partial charge in [-0.25, -0.2) is 4.98 Å². The van der Waals surface area contributed by atoms with Crippen molar-refractivity contribution in [1.29, 1.82) is 0 Å². The topological polar surface area (TPSA) is 81.4 Å². The predicted molar refractivity (Wildman–Crippen MR) is 115 cm³/mol. The second-order valence-corrected chi connectivity index (χ2v) is 6.92. The number of hydrogen-bond donors (Lipinski definition) is 1. The lowest BCUT2D eigenvalue weighted by molar-refractivity contribution is 0.0904. The molecule has 0 radical (unpaired) electrons. The second-order valence-electron chi connectivity index (χ2n) is 6.92. The van der Waals surface area contributed by atoms with Gasteiger partial charge < -0.3 is 9.84 Å². The Balaban J connectivity index is 1.69. The molecule has 0 amide bonds. The molecule has 3 aromatic carbocycles. The molecule has 0 aliphatic heterocycles. The Morgan fingerprint density at radius 1 is 1.03 bits per heavy atom. The van der Waals surface area contributed by atoms with E-state index >= 15 is 0 Å². The van der Waals surface area contributed by atoms with Gasteiger partial charge in [-0.1, -0.05) is 30.3 Å². The Bertz CT molecular complexity index is 1290. The quantitative estimate of drug-likeness (QED) is 0.502. The first-order valence-electron chi connectivity index (χ1n) is 9.45. The van der Waals surface area contributed by atoms with Crippen LogP contribution in [0.4, 0.5) is 0 Å². The average molecular weight is 400 g/mol. The first-order chi connectivity index (χ1) is 14.6. The molecule has 0 bridgehead atoms. The van der Waals surface area contributed by atoms with Crippen molar-refractivity contribution in [2.45, 2.75) is 6.54 Å². The summed E-state index contributed by atoms with van der Waals surface area (Å²) < 4.78 is 6.81. The van der Waals surface area contributed by atoms with Crippen LogP contribution >= 0.6 is 0 Å². The minimum Gasteiger partial charge on any atom is -0.497 e. The Morgan fingerprint density at radius 2 is 1.80 bits per heavy atom. The number of ether oxygens (including phenoxy) is 1. The minimum atomic E-state index is -0.600. The number of nitrogens with zero attached hydrogens (tertiary/aromatic N) is 2. The van der Waals surface area contributed by atoms with E-state index in [0.717, 1.165) is 22.4 Å². The number of methoxy groups -OCH3 is 1. The van der Waals surface area contributed by atoms with E-state index in [9.17, 15) is 9.59 Å². The number of benzene rings is 3. The molecule has 0 saturated carbocycles. The molecule has 0 aliphatic carbocycles. The zero-order chi connectivity index (χ0) is 21.1. The molecular formula is C24H20N2O4. The molecule has 1 N–H and O–H groups in total. The molecule has 0 atom stereocenters. The van der Waals surface area contributed by atoms with E-state index in [2.05, 4.69) is 4.98 Å². The molecule has 0 spiro atoms. The molecule has 0 unspecified atom stereocenters. The van der Waals surface area contributed by atoms with E-state index < -0.39 is 12.4 Å². The first-order valence-corrected chi connectivity index (χ1v) is 9.45. The maximum absolute atomic E-state index is 13.0. The Morgan fingerprint density at radius 3 is 2.57 bits per heavy atom. The smallest absolute Gasteiger partial charge is 0.261 e. The van der Waals surface area contributed by atoms with Crippen molar-refractivity contribution in [3.8, 4) is 16.9 Å². The number of carbonyl (C=O) groups excluding carboxylic acids is 1. The largest absolute Gasteiger partial charge is 0.497 e. The summed E-state index contributed by atoms with van der Waals surface area (Å²) in [5.74, 6) is 0.346. The summed E-state index contributed by atoms with van der Waals surface area (Å²) in [6.45, 7) is -0.255. The number of aromatic nitrogens is 2. The van der Waals surface area contributed by atoms with Crippen LogP contribution in [0.1, 0.15) is 15.9 Å². The van der Waals surface area contributed by atoms with Gasteiger partial charge in [-0.2, -0.15) is 0 Å². The van der Waals surface area contributed by atoms with Gasteiger partial charge in [0.15, 0.2) is 5.78 Å². The molecule has 1 heterocycles. The van der Waals surface area contributed by atoms with Crippen molar-refractivity contribution >= 4 is 16.7 Å². The maximum atomic E-state index is 13.0. The molecule has 1 aromatic heterocycles. The second kappa shape index (κ2) is 8.31. The van der Waals surface area contributed by atoms with Crippen molar-refractivity contribution in [1.82, 2.24) is 9.55 Å². The molecule has 6 heteroatoms. The van der Waals surface area contributed by atoms with Crippen LogP contribution in [-0.4, -0.2) is 34.2 Å². The van der Waals surface area contributed by atoms with Gasteiger partial charge in [0.05, 0.1) is 30.9 Å². The Kier molecular flexibility index (Phi) is 5.41. The number of aliphatic hydroxyl groups is 1. The van der Waals surface area contributed by atoms with E-state index in [4.69, 9.17) is 9.84 Å². The molecule has 0 fully saturated rings. The first kappa shape index (κ1) is 19.5. The van der Waals surface area contributed by atoms with Crippen LogP contribution in [0.25, 0.3) is 22.0 Å². The van der Waals surface area contributed by atoms with Crippen molar-refractivity contribution in [3.63, 3.8) is 0 Å². The van der Waals surface area contributed by atoms with Gasteiger partial charge in [0.25, 0.3) is 5.56 Å². The number of rotatable bonds is 6. The van der Waals surface area contributed by atoms with Crippen LogP contribution in [-0.2, 0) is 6.54 Å². The predicted octanol–water partition coefficient (Wildman–Crippen LogP) is 3.30. The molecule has 0 aliphatic rings. The molecule has 150 valence electrons. The number of carbonyl (C=O) groups is 1. The normalized spacial score (nSPS) is 10.9. The lowest BCUT2D eigenvalue weighted by atomic mass is 10.0. The molecule has 0 saturated heterocycles. The van der Waals surface area contributed by atoms with Crippen LogP contribution in [0.15, 0.2) is 77.9 Å². The zero-order valence-corrected chi connectivity index (χ0v) is 16.4. The van der Waals surface area contributed by atoms with Gasteiger partial charge >= 0.3 is 0 Å². The van der Waals surface area contributed by atoms with Crippen molar-refractivity contribution in [3.05, 3.63) is 94.5 Å². The third-order valence-corrected chi connectivity index (χ3v) is 4.97. The monoisotopic (exact) mass is 400 g/mol. The highest BCUT2D eigenvalue weighted by Crippen LogP contribution is 2.24. The van der Waals surface area contributed by atoms with Crippen LogP contribution in [0.5, 0.6) is 5.75 Å². The fourth-order valence-electron chi connectivity index (χ4n) is 3.38. The van der Waals surface area contributed by atoms with Gasteiger partial charge in [0.2, 0.25) is 0 Å². The van der Waals surface area contributed by atoms with E-state index in [1.807, 2.05) is 48.5 Å². The van der Waals surface area contributed by atoms with E-state index in [-0.39, 0.29) is 5.56 Å². The van der Waals surface area contributed by atoms with Crippen LogP contribution < -0.4 is 10.3 Å². The summed E-state index contributed by atoms with van der Waals surface area (Å²) in [4.78, 5) is 29.1. The highest BCUT2D eigenvalue weighted by molar-refractivity contribution is 5.99. The number of Topliss-reactive ketones (excluding diaryl/α,β-unsaturated/α-hetero) is 1. The van der Waals surface area contributed by atoms with E-state index in [1.54, 1.807) is 19.2 Å². The van der Waals surface area contributed by atoms with Crippen molar-refractivity contribution in [2.75, 3.05) is 13.7 Å². The summed E-state index contributed by atoms with van der Waals surface area (Å²) in [5, 5.41) is 9.42.